The number of halogens is 2. The number of carbonyl (C=O) groups excluding carboxylic acids is 1. The molecule has 3 rings (SSSR count). The standard InChI is InChI=1S/C13H12F2O3/c1-2-17-13(16)10-6-5-18-12-8(15)4-3-7(14)11(12)9(6)10/h3-4,6,9-10H,2,5H2,1H3/t6-,9+,10?/m0/s1. The van der Waals surface area contributed by atoms with Gasteiger partial charge >= 0.3 is 5.97 Å². The molecule has 1 saturated carbocycles. The minimum Gasteiger partial charge on any atom is -0.490 e. The van der Waals surface area contributed by atoms with Crippen LogP contribution in [0.3, 0.4) is 0 Å². The Hall–Kier alpha value is -1.65. The van der Waals surface area contributed by atoms with Gasteiger partial charge in [0, 0.05) is 17.4 Å². The van der Waals surface area contributed by atoms with Crippen molar-refractivity contribution in [3.63, 3.8) is 0 Å². The normalized spacial score (nSPS) is 27.8. The van der Waals surface area contributed by atoms with E-state index in [1.165, 1.54) is 0 Å². The van der Waals surface area contributed by atoms with Crippen molar-refractivity contribution < 1.29 is 23.0 Å². The van der Waals surface area contributed by atoms with Gasteiger partial charge in [-0.3, -0.25) is 4.79 Å². The Morgan fingerprint density at radius 2 is 2.17 bits per heavy atom. The van der Waals surface area contributed by atoms with Crippen LogP contribution >= 0.6 is 0 Å². The van der Waals surface area contributed by atoms with Gasteiger partial charge in [0.1, 0.15) is 5.82 Å². The maximum Gasteiger partial charge on any atom is 0.309 e. The molecule has 1 unspecified atom stereocenters. The highest BCUT2D eigenvalue weighted by atomic mass is 19.1. The average molecular weight is 254 g/mol. The van der Waals surface area contributed by atoms with Gasteiger partial charge in [-0.1, -0.05) is 0 Å². The summed E-state index contributed by atoms with van der Waals surface area (Å²) < 4.78 is 37.4. The first-order chi connectivity index (χ1) is 8.65. The van der Waals surface area contributed by atoms with Crippen LogP contribution in [0.2, 0.25) is 0 Å². The van der Waals surface area contributed by atoms with E-state index in [9.17, 15) is 13.6 Å². The zero-order valence-electron chi connectivity index (χ0n) is 9.78. The van der Waals surface area contributed by atoms with Gasteiger partial charge in [-0.25, -0.2) is 8.78 Å². The maximum absolute atomic E-state index is 13.8. The van der Waals surface area contributed by atoms with Crippen LogP contribution in [0, 0.1) is 23.5 Å². The van der Waals surface area contributed by atoms with Gasteiger partial charge < -0.3 is 9.47 Å². The Labute approximate surface area is 103 Å². The first-order valence-corrected chi connectivity index (χ1v) is 5.92. The lowest BCUT2D eigenvalue weighted by Gasteiger charge is -2.17. The molecule has 1 fully saturated rings. The van der Waals surface area contributed by atoms with Crippen molar-refractivity contribution in [3.05, 3.63) is 29.3 Å². The van der Waals surface area contributed by atoms with Gasteiger partial charge in [-0.15, -0.1) is 0 Å². The third-order valence-electron chi connectivity index (χ3n) is 3.58. The molecule has 0 saturated heterocycles. The first kappa shape index (κ1) is 11.4. The third kappa shape index (κ3) is 1.50. The first-order valence-electron chi connectivity index (χ1n) is 5.92. The molecule has 3 atom stereocenters. The summed E-state index contributed by atoms with van der Waals surface area (Å²) in [6, 6.07) is 2.11. The molecule has 5 heteroatoms. The topological polar surface area (TPSA) is 35.5 Å². The largest absolute Gasteiger partial charge is 0.490 e. The molecule has 3 nitrogen and oxygen atoms in total. The molecule has 1 heterocycles. The molecule has 0 radical (unpaired) electrons. The molecule has 0 N–H and O–H groups in total. The summed E-state index contributed by atoms with van der Waals surface area (Å²) in [7, 11) is 0. The van der Waals surface area contributed by atoms with E-state index in [1.54, 1.807) is 6.92 Å². The Kier molecular flexibility index (Phi) is 2.50. The Morgan fingerprint density at radius 3 is 2.89 bits per heavy atom. The second-order valence-electron chi connectivity index (χ2n) is 4.55. The summed E-state index contributed by atoms with van der Waals surface area (Å²) in [5.41, 5.74) is 0.185. The van der Waals surface area contributed by atoms with Crippen LogP contribution < -0.4 is 4.74 Å². The van der Waals surface area contributed by atoms with Crippen molar-refractivity contribution in [3.8, 4) is 5.75 Å². The van der Waals surface area contributed by atoms with E-state index in [0.29, 0.717) is 0 Å². The second kappa shape index (κ2) is 3.93. The van der Waals surface area contributed by atoms with Crippen molar-refractivity contribution in [2.75, 3.05) is 13.2 Å². The smallest absolute Gasteiger partial charge is 0.309 e. The molecule has 0 bridgehead atoms. The van der Waals surface area contributed by atoms with Crippen molar-refractivity contribution in [1.82, 2.24) is 0 Å². The summed E-state index contributed by atoms with van der Waals surface area (Å²) in [5.74, 6) is -2.30. The fourth-order valence-corrected chi connectivity index (χ4v) is 2.72. The van der Waals surface area contributed by atoms with Gasteiger partial charge in [0.25, 0.3) is 0 Å². The summed E-state index contributed by atoms with van der Waals surface area (Å²) in [4.78, 5) is 11.7. The van der Waals surface area contributed by atoms with Crippen LogP contribution in [-0.2, 0) is 9.53 Å². The van der Waals surface area contributed by atoms with Crippen LogP contribution in [0.25, 0.3) is 0 Å². The van der Waals surface area contributed by atoms with E-state index in [4.69, 9.17) is 9.47 Å². The average Bonchev–Trinajstić information content (AvgIpc) is 3.08. The summed E-state index contributed by atoms with van der Waals surface area (Å²) >= 11 is 0. The van der Waals surface area contributed by atoms with Gasteiger partial charge in [-0.05, 0) is 19.1 Å². The molecule has 1 aromatic carbocycles. The maximum atomic E-state index is 13.8. The lowest BCUT2D eigenvalue weighted by molar-refractivity contribution is -0.145. The van der Waals surface area contributed by atoms with Crippen LogP contribution in [0.5, 0.6) is 5.75 Å². The predicted octanol–water partition coefficient (Wildman–Crippen LogP) is 2.25. The number of hydrogen-bond donors (Lipinski definition) is 0. The molecule has 0 aromatic heterocycles. The molecule has 2 aliphatic rings. The Morgan fingerprint density at radius 1 is 1.44 bits per heavy atom. The zero-order chi connectivity index (χ0) is 12.9. The number of fused-ring (bicyclic) bond motifs is 3. The lowest BCUT2D eigenvalue weighted by Crippen LogP contribution is -2.12. The highest BCUT2D eigenvalue weighted by molar-refractivity contribution is 5.79. The summed E-state index contributed by atoms with van der Waals surface area (Å²) in [6.07, 6.45) is 0. The number of esters is 1. The highest BCUT2D eigenvalue weighted by Gasteiger charge is 2.61. The van der Waals surface area contributed by atoms with E-state index >= 15 is 0 Å². The van der Waals surface area contributed by atoms with E-state index in [2.05, 4.69) is 0 Å². The molecule has 0 spiro atoms. The van der Waals surface area contributed by atoms with E-state index < -0.39 is 17.6 Å². The van der Waals surface area contributed by atoms with Crippen LogP contribution in [0.1, 0.15) is 18.4 Å². The quantitative estimate of drug-likeness (QED) is 0.759. The molecular formula is C13H12F2O3. The molecule has 0 amide bonds. The Bertz CT molecular complexity index is 515. The van der Waals surface area contributed by atoms with Gasteiger partial charge in [0.15, 0.2) is 11.6 Å². The predicted molar refractivity (Wildman–Crippen MR) is 58.2 cm³/mol. The van der Waals surface area contributed by atoms with Crippen molar-refractivity contribution >= 4 is 5.97 Å². The molecule has 1 aromatic rings. The van der Waals surface area contributed by atoms with Crippen LogP contribution in [0.4, 0.5) is 8.78 Å². The second-order valence-corrected chi connectivity index (χ2v) is 4.55. The van der Waals surface area contributed by atoms with Crippen LogP contribution in [0.15, 0.2) is 12.1 Å². The zero-order valence-corrected chi connectivity index (χ0v) is 9.78. The number of hydrogen-bond acceptors (Lipinski definition) is 3. The fraction of sp³-hybridized carbons (Fsp3) is 0.462. The molecule has 1 aliphatic carbocycles. The monoisotopic (exact) mass is 254 g/mol. The summed E-state index contributed by atoms with van der Waals surface area (Å²) in [6.45, 7) is 2.24. The van der Waals surface area contributed by atoms with Gasteiger partial charge in [0.2, 0.25) is 0 Å². The molecule has 96 valence electrons. The van der Waals surface area contributed by atoms with Gasteiger partial charge in [0.05, 0.1) is 19.1 Å². The van der Waals surface area contributed by atoms with Crippen molar-refractivity contribution in [2.24, 2.45) is 11.8 Å². The summed E-state index contributed by atoms with van der Waals surface area (Å²) in [5, 5.41) is 0. The SMILES string of the molecule is CCOC(=O)C1[C@H]2COc3c(F)ccc(F)c3[C@@H]12. The highest BCUT2D eigenvalue weighted by Crippen LogP contribution is 2.60. The molecular weight excluding hydrogens is 242 g/mol. The number of rotatable bonds is 2. The fourth-order valence-electron chi connectivity index (χ4n) is 2.72. The Balaban J connectivity index is 1.95. The van der Waals surface area contributed by atoms with E-state index in [0.717, 1.165) is 12.1 Å². The van der Waals surface area contributed by atoms with E-state index in [1.807, 2.05) is 0 Å². The third-order valence-corrected chi connectivity index (χ3v) is 3.58. The van der Waals surface area contributed by atoms with Gasteiger partial charge in [-0.2, -0.15) is 0 Å². The number of carbonyl (C=O) groups is 1. The van der Waals surface area contributed by atoms with Crippen molar-refractivity contribution in [1.29, 1.82) is 0 Å². The van der Waals surface area contributed by atoms with Crippen molar-refractivity contribution in [2.45, 2.75) is 12.8 Å². The van der Waals surface area contributed by atoms with E-state index in [-0.39, 0.29) is 42.3 Å². The number of benzene rings is 1. The minimum absolute atomic E-state index is 0.0527. The molecule has 18 heavy (non-hydrogen) atoms. The lowest BCUT2D eigenvalue weighted by atomic mass is 10.0. The number of ether oxygens (including phenoxy) is 2. The van der Waals surface area contributed by atoms with Crippen LogP contribution in [-0.4, -0.2) is 19.2 Å². The molecule has 1 aliphatic heterocycles. The minimum atomic E-state index is -0.584.